The highest BCUT2D eigenvalue weighted by Crippen LogP contribution is 2.38. The molecule has 0 N–H and O–H groups in total. The minimum atomic E-state index is -0.559. The lowest BCUT2D eigenvalue weighted by Crippen LogP contribution is -2.49. The Morgan fingerprint density at radius 3 is 1.33 bits per heavy atom. The smallest absolute Gasteiger partial charge is 0.410 e. The molecule has 0 aromatic carbocycles. The van der Waals surface area contributed by atoms with Gasteiger partial charge in [-0.2, -0.15) is 0 Å². The van der Waals surface area contributed by atoms with Gasteiger partial charge in [0.15, 0.2) is 0 Å². The summed E-state index contributed by atoms with van der Waals surface area (Å²) in [5.74, 6) is 0.109. The normalized spacial score (nSPS) is 19.8. The van der Waals surface area contributed by atoms with Gasteiger partial charge in [0.1, 0.15) is 11.2 Å². The Morgan fingerprint density at radius 2 is 1.00 bits per heavy atom. The number of hydrogen-bond acceptors (Lipinski definition) is 9. The van der Waals surface area contributed by atoms with Gasteiger partial charge in [-0.3, -0.25) is 9.59 Å². The molecule has 0 aromatic heterocycles. The van der Waals surface area contributed by atoms with Crippen molar-refractivity contribution in [2.24, 2.45) is 10.8 Å². The Morgan fingerprint density at radius 1 is 0.630 bits per heavy atom. The molecule has 3 fully saturated rings. The zero-order valence-corrected chi connectivity index (χ0v) is 30.5. The van der Waals surface area contributed by atoms with Crippen LogP contribution in [0.25, 0.3) is 0 Å². The second-order valence-electron chi connectivity index (χ2n) is 14.7. The number of hydrogen-bond donors (Lipinski definition) is 0. The van der Waals surface area contributed by atoms with E-state index in [2.05, 4.69) is 4.90 Å². The molecule has 11 nitrogen and oxygen atoms in total. The number of halogens is 1. The van der Waals surface area contributed by atoms with Crippen molar-refractivity contribution >= 4 is 35.7 Å². The van der Waals surface area contributed by atoms with Gasteiger partial charge in [-0.1, -0.05) is 0 Å². The Bertz CT molecular complexity index is 987. The number of likely N-dealkylation sites (tertiary alicyclic amines) is 3. The first-order valence-electron chi connectivity index (χ1n) is 17.1. The van der Waals surface area contributed by atoms with Gasteiger partial charge in [-0.25, -0.2) is 9.59 Å². The molecule has 0 aliphatic carbocycles. The third-order valence-electron chi connectivity index (χ3n) is 8.84. The molecule has 3 heterocycles. The summed E-state index contributed by atoms with van der Waals surface area (Å²) in [6.07, 6.45) is 5.71. The van der Waals surface area contributed by atoms with Crippen molar-refractivity contribution in [2.75, 3.05) is 64.9 Å². The van der Waals surface area contributed by atoms with E-state index in [0.717, 1.165) is 26.1 Å². The van der Waals surface area contributed by atoms with E-state index in [0.29, 0.717) is 77.4 Å². The highest BCUT2D eigenvalue weighted by molar-refractivity contribution is 6.18. The Labute approximate surface area is 281 Å². The van der Waals surface area contributed by atoms with Crippen molar-refractivity contribution in [3.8, 4) is 0 Å². The SMILES string of the molecule is CCOC(=O)C1(CCCl)CCN(C(=O)OC(C)(C)C)CC1.CCOC(=O)C1(CCN2CCCC2)CCN(C(=O)OC(C)(C)C)CC1. The summed E-state index contributed by atoms with van der Waals surface area (Å²) in [5, 5.41) is 0. The van der Waals surface area contributed by atoms with Gasteiger partial charge in [0, 0.05) is 32.1 Å². The molecule has 266 valence electrons. The molecular weight excluding hydrogens is 614 g/mol. The number of esters is 2. The van der Waals surface area contributed by atoms with Crippen LogP contribution in [0.15, 0.2) is 0 Å². The van der Waals surface area contributed by atoms with Gasteiger partial charge in [-0.15, -0.1) is 11.6 Å². The topological polar surface area (TPSA) is 115 Å². The number of carbonyl (C=O) groups is 4. The lowest BCUT2D eigenvalue weighted by atomic mass is 9.75. The van der Waals surface area contributed by atoms with E-state index < -0.39 is 22.0 Å². The van der Waals surface area contributed by atoms with Crippen LogP contribution in [0, 0.1) is 10.8 Å². The molecule has 0 radical (unpaired) electrons. The molecule has 2 amide bonds. The van der Waals surface area contributed by atoms with Crippen LogP contribution in [0.4, 0.5) is 9.59 Å². The summed E-state index contributed by atoms with van der Waals surface area (Å²) in [6.45, 7) is 20.8. The summed E-state index contributed by atoms with van der Waals surface area (Å²) < 4.78 is 21.4. The van der Waals surface area contributed by atoms with Crippen molar-refractivity contribution < 1.29 is 38.1 Å². The van der Waals surface area contributed by atoms with E-state index in [1.165, 1.54) is 12.8 Å². The molecule has 3 saturated heterocycles. The zero-order chi connectivity index (χ0) is 34.6. The van der Waals surface area contributed by atoms with E-state index in [-0.39, 0.29) is 24.1 Å². The number of carbonyl (C=O) groups excluding carboxylic acids is 4. The summed E-state index contributed by atoms with van der Waals surface area (Å²) in [5.41, 5.74) is -2.03. The third-order valence-corrected chi connectivity index (χ3v) is 9.03. The van der Waals surface area contributed by atoms with Crippen molar-refractivity contribution in [3.63, 3.8) is 0 Å². The van der Waals surface area contributed by atoms with Crippen LogP contribution in [0.3, 0.4) is 0 Å². The number of alkyl halides is 1. The first-order chi connectivity index (χ1) is 21.5. The standard InChI is InChI=1S/C19H34N2O4.C15H26ClNO4/c1-5-24-16(22)19(8-13-20-11-6-7-12-20)9-14-21(15-10-19)17(23)25-18(2,3)4;1-5-20-12(18)15(6-9-16)7-10-17(11-8-15)13(19)21-14(2,3)4/h5-15H2,1-4H3;5-11H2,1-4H3. The first-order valence-corrected chi connectivity index (χ1v) is 17.6. The molecule has 3 aliphatic rings. The fourth-order valence-electron chi connectivity index (χ4n) is 6.13. The van der Waals surface area contributed by atoms with Crippen LogP contribution in [0.2, 0.25) is 0 Å². The molecule has 0 bridgehead atoms. The Hall–Kier alpha value is -2.27. The average molecular weight is 674 g/mol. The highest BCUT2D eigenvalue weighted by atomic mass is 35.5. The van der Waals surface area contributed by atoms with E-state index in [4.69, 9.17) is 30.5 Å². The second-order valence-corrected chi connectivity index (χ2v) is 15.1. The number of ether oxygens (including phenoxy) is 4. The van der Waals surface area contributed by atoms with Crippen LogP contribution < -0.4 is 0 Å². The quantitative estimate of drug-likeness (QED) is 0.159. The molecule has 12 heteroatoms. The molecule has 0 aromatic rings. The van der Waals surface area contributed by atoms with E-state index in [1.54, 1.807) is 16.7 Å². The maximum absolute atomic E-state index is 12.7. The van der Waals surface area contributed by atoms with Crippen LogP contribution in [0.5, 0.6) is 0 Å². The zero-order valence-electron chi connectivity index (χ0n) is 29.7. The number of rotatable bonds is 9. The monoisotopic (exact) mass is 673 g/mol. The van der Waals surface area contributed by atoms with Crippen molar-refractivity contribution in [2.45, 2.75) is 118 Å². The van der Waals surface area contributed by atoms with Crippen LogP contribution in [-0.4, -0.2) is 115 Å². The minimum absolute atomic E-state index is 0.0990. The molecular formula is C34H60ClN3O8. The van der Waals surface area contributed by atoms with Crippen LogP contribution in [0.1, 0.15) is 107 Å². The van der Waals surface area contributed by atoms with Crippen LogP contribution in [-0.2, 0) is 28.5 Å². The van der Waals surface area contributed by atoms with E-state index in [9.17, 15) is 19.2 Å². The van der Waals surface area contributed by atoms with Gasteiger partial charge in [0.05, 0.1) is 24.0 Å². The Kier molecular flexibility index (Phi) is 15.4. The van der Waals surface area contributed by atoms with E-state index >= 15 is 0 Å². The lowest BCUT2D eigenvalue weighted by molar-refractivity contribution is -0.159. The van der Waals surface area contributed by atoms with Gasteiger partial charge < -0.3 is 33.6 Å². The van der Waals surface area contributed by atoms with Crippen molar-refractivity contribution in [3.05, 3.63) is 0 Å². The predicted molar refractivity (Wildman–Crippen MR) is 178 cm³/mol. The van der Waals surface area contributed by atoms with Crippen LogP contribution >= 0.6 is 11.6 Å². The molecule has 0 spiro atoms. The summed E-state index contributed by atoms with van der Waals surface area (Å²) >= 11 is 5.84. The third kappa shape index (κ3) is 12.4. The number of amides is 2. The van der Waals surface area contributed by atoms with Gasteiger partial charge in [0.2, 0.25) is 0 Å². The molecule has 0 atom stereocenters. The predicted octanol–water partition coefficient (Wildman–Crippen LogP) is 6.25. The first kappa shape index (κ1) is 39.9. The number of piperidine rings is 2. The summed E-state index contributed by atoms with van der Waals surface area (Å²) in [4.78, 5) is 55.0. The molecule has 46 heavy (non-hydrogen) atoms. The molecule has 0 saturated carbocycles. The largest absolute Gasteiger partial charge is 0.466 e. The maximum atomic E-state index is 12.7. The Balaban J connectivity index is 0.000000326. The minimum Gasteiger partial charge on any atom is -0.466 e. The van der Waals surface area contributed by atoms with Gasteiger partial charge in [0.25, 0.3) is 0 Å². The molecule has 3 rings (SSSR count). The second kappa shape index (κ2) is 17.8. The highest BCUT2D eigenvalue weighted by Gasteiger charge is 2.45. The lowest BCUT2D eigenvalue weighted by Gasteiger charge is -2.40. The van der Waals surface area contributed by atoms with Crippen molar-refractivity contribution in [1.82, 2.24) is 14.7 Å². The summed E-state index contributed by atoms with van der Waals surface area (Å²) in [6, 6.07) is 0. The van der Waals surface area contributed by atoms with E-state index in [1.807, 2.05) is 48.5 Å². The number of nitrogens with zero attached hydrogens (tertiary/aromatic N) is 3. The fraction of sp³-hybridized carbons (Fsp3) is 0.882. The summed E-state index contributed by atoms with van der Waals surface area (Å²) in [7, 11) is 0. The van der Waals surface area contributed by atoms with Gasteiger partial charge >= 0.3 is 24.1 Å². The van der Waals surface area contributed by atoms with Gasteiger partial charge in [-0.05, 0) is 126 Å². The fourth-order valence-corrected chi connectivity index (χ4v) is 6.49. The molecule has 3 aliphatic heterocycles. The maximum Gasteiger partial charge on any atom is 0.410 e. The van der Waals surface area contributed by atoms with Crippen molar-refractivity contribution in [1.29, 1.82) is 0 Å². The molecule has 0 unspecified atom stereocenters. The average Bonchev–Trinajstić information content (AvgIpc) is 3.50.